The second-order valence-electron chi connectivity index (χ2n) is 4.32. The van der Waals surface area contributed by atoms with E-state index in [1.54, 1.807) is 0 Å². The summed E-state index contributed by atoms with van der Waals surface area (Å²) < 4.78 is 0. The normalized spacial score (nSPS) is 25.1. The van der Waals surface area contributed by atoms with Crippen molar-refractivity contribution in [2.24, 2.45) is 5.92 Å². The van der Waals surface area contributed by atoms with E-state index in [2.05, 4.69) is 12.2 Å². The Labute approximate surface area is 100 Å². The summed E-state index contributed by atoms with van der Waals surface area (Å²) in [6, 6.07) is 0.284. The number of carboxylic acids is 1. The summed E-state index contributed by atoms with van der Waals surface area (Å²) in [5, 5.41) is 11.4. The van der Waals surface area contributed by atoms with Crippen LogP contribution in [0.5, 0.6) is 0 Å². The Kier molecular flexibility index (Phi) is 5.66. The van der Waals surface area contributed by atoms with Crippen LogP contribution in [0, 0.1) is 5.92 Å². The third-order valence-electron chi connectivity index (χ3n) is 2.92. The van der Waals surface area contributed by atoms with Crippen LogP contribution >= 0.6 is 11.8 Å². The molecule has 1 rings (SSSR count). The van der Waals surface area contributed by atoms with Crippen molar-refractivity contribution < 1.29 is 14.7 Å². The number of amides is 1. The zero-order valence-corrected chi connectivity index (χ0v) is 10.4. The first kappa shape index (κ1) is 13.4. The van der Waals surface area contributed by atoms with Gasteiger partial charge in [0.25, 0.3) is 0 Å². The van der Waals surface area contributed by atoms with Gasteiger partial charge in [0.05, 0.1) is 11.5 Å². The van der Waals surface area contributed by atoms with Gasteiger partial charge in [-0.05, 0) is 18.8 Å². The van der Waals surface area contributed by atoms with E-state index >= 15 is 0 Å². The maximum atomic E-state index is 11.5. The van der Waals surface area contributed by atoms with Gasteiger partial charge in [-0.2, -0.15) is 0 Å². The summed E-state index contributed by atoms with van der Waals surface area (Å²) in [6.45, 7) is 2.16. The zero-order chi connectivity index (χ0) is 12.0. The van der Waals surface area contributed by atoms with Crippen LogP contribution in [0.4, 0.5) is 0 Å². The van der Waals surface area contributed by atoms with E-state index in [1.165, 1.54) is 19.3 Å². The molecule has 0 saturated heterocycles. The lowest BCUT2D eigenvalue weighted by molar-refractivity contribution is -0.133. The molecule has 0 unspecified atom stereocenters. The first-order chi connectivity index (χ1) is 7.59. The quantitative estimate of drug-likeness (QED) is 0.770. The van der Waals surface area contributed by atoms with Gasteiger partial charge < -0.3 is 10.4 Å². The number of hydrogen-bond donors (Lipinski definition) is 2. The minimum absolute atomic E-state index is 0.00631. The fourth-order valence-corrected chi connectivity index (χ4v) is 2.56. The smallest absolute Gasteiger partial charge is 0.313 e. The van der Waals surface area contributed by atoms with Gasteiger partial charge in [-0.25, -0.2) is 0 Å². The molecule has 1 fully saturated rings. The van der Waals surface area contributed by atoms with Crippen LogP contribution in [0.25, 0.3) is 0 Å². The van der Waals surface area contributed by atoms with E-state index in [4.69, 9.17) is 5.11 Å². The highest BCUT2D eigenvalue weighted by molar-refractivity contribution is 8.00. The molecule has 0 aliphatic heterocycles. The Bertz CT molecular complexity index is 258. The molecule has 4 nitrogen and oxygen atoms in total. The average Bonchev–Trinajstić information content (AvgIpc) is 2.21. The number of thioether (sulfide) groups is 1. The van der Waals surface area contributed by atoms with Crippen molar-refractivity contribution in [3.63, 3.8) is 0 Å². The van der Waals surface area contributed by atoms with Crippen molar-refractivity contribution in [2.75, 3.05) is 11.5 Å². The minimum Gasteiger partial charge on any atom is -0.481 e. The molecule has 2 N–H and O–H groups in total. The molecule has 0 bridgehead atoms. The first-order valence-corrected chi connectivity index (χ1v) is 6.84. The van der Waals surface area contributed by atoms with Gasteiger partial charge in [-0.15, -0.1) is 11.8 Å². The van der Waals surface area contributed by atoms with E-state index in [0.717, 1.165) is 18.2 Å². The van der Waals surface area contributed by atoms with Crippen LogP contribution in [0.2, 0.25) is 0 Å². The van der Waals surface area contributed by atoms with Gasteiger partial charge in [0.1, 0.15) is 0 Å². The zero-order valence-electron chi connectivity index (χ0n) is 9.57. The van der Waals surface area contributed by atoms with E-state index in [-0.39, 0.29) is 23.5 Å². The lowest BCUT2D eigenvalue weighted by Crippen LogP contribution is -2.41. The second-order valence-corrected chi connectivity index (χ2v) is 5.31. The fourth-order valence-electron chi connectivity index (χ4n) is 2.01. The Hall–Kier alpha value is -0.710. The molecule has 0 spiro atoms. The van der Waals surface area contributed by atoms with Gasteiger partial charge in [0.2, 0.25) is 5.91 Å². The topological polar surface area (TPSA) is 66.4 Å². The van der Waals surface area contributed by atoms with Gasteiger partial charge in [0, 0.05) is 6.04 Å². The van der Waals surface area contributed by atoms with Crippen LogP contribution in [0.3, 0.4) is 0 Å². The number of carbonyl (C=O) groups is 2. The summed E-state index contributed by atoms with van der Waals surface area (Å²) >= 11 is 1.15. The van der Waals surface area contributed by atoms with Crippen LogP contribution in [0.1, 0.15) is 32.6 Å². The molecular formula is C11H19NO3S. The monoisotopic (exact) mass is 245 g/mol. The third-order valence-corrected chi connectivity index (χ3v) is 3.83. The number of carboxylic acid groups (broad SMARTS) is 1. The Morgan fingerprint density at radius 1 is 1.31 bits per heavy atom. The number of rotatable bonds is 5. The lowest BCUT2D eigenvalue weighted by Gasteiger charge is -2.29. The van der Waals surface area contributed by atoms with Gasteiger partial charge in [-0.3, -0.25) is 9.59 Å². The van der Waals surface area contributed by atoms with Crippen LogP contribution in [-0.2, 0) is 9.59 Å². The molecule has 0 aromatic heterocycles. The Balaban J connectivity index is 2.19. The van der Waals surface area contributed by atoms with Crippen LogP contribution in [-0.4, -0.2) is 34.5 Å². The van der Waals surface area contributed by atoms with E-state index in [9.17, 15) is 9.59 Å². The number of nitrogens with one attached hydrogen (secondary N) is 1. The molecule has 5 heteroatoms. The molecule has 0 aromatic rings. The largest absolute Gasteiger partial charge is 0.481 e. The third kappa shape index (κ3) is 4.88. The standard InChI is InChI=1S/C11H19NO3S/c1-8-4-2-3-5-9(8)12-10(13)6-16-7-11(14)15/h8-9H,2-7H2,1H3,(H,12,13)(H,14,15)/t8-,9-/m0/s1. The highest BCUT2D eigenvalue weighted by atomic mass is 32.2. The molecule has 0 aromatic carbocycles. The molecule has 92 valence electrons. The van der Waals surface area contributed by atoms with Gasteiger partial charge >= 0.3 is 5.97 Å². The number of carbonyl (C=O) groups excluding carboxylic acids is 1. The summed E-state index contributed by atoms with van der Waals surface area (Å²) in [7, 11) is 0. The molecule has 0 radical (unpaired) electrons. The fraction of sp³-hybridized carbons (Fsp3) is 0.818. The SMILES string of the molecule is C[C@H]1CCCC[C@@H]1NC(=O)CSCC(=O)O. The predicted molar refractivity (Wildman–Crippen MR) is 64.5 cm³/mol. The van der Waals surface area contributed by atoms with Crippen molar-refractivity contribution in [1.29, 1.82) is 0 Å². The minimum atomic E-state index is -0.871. The summed E-state index contributed by atoms with van der Waals surface area (Å²) in [5.74, 6) is -0.126. The first-order valence-electron chi connectivity index (χ1n) is 5.68. The average molecular weight is 245 g/mol. The lowest BCUT2D eigenvalue weighted by atomic mass is 9.86. The van der Waals surface area contributed by atoms with Crippen molar-refractivity contribution >= 4 is 23.6 Å². The number of aliphatic carboxylic acids is 1. The molecule has 1 aliphatic rings. The maximum absolute atomic E-state index is 11.5. The van der Waals surface area contributed by atoms with Crippen molar-refractivity contribution in [3.05, 3.63) is 0 Å². The highest BCUT2D eigenvalue weighted by Crippen LogP contribution is 2.23. The van der Waals surface area contributed by atoms with Crippen molar-refractivity contribution in [2.45, 2.75) is 38.6 Å². The van der Waals surface area contributed by atoms with E-state index in [0.29, 0.717) is 5.92 Å². The Morgan fingerprint density at radius 2 is 2.00 bits per heavy atom. The van der Waals surface area contributed by atoms with Crippen molar-refractivity contribution in [1.82, 2.24) is 5.32 Å². The summed E-state index contributed by atoms with van der Waals surface area (Å²) in [5.41, 5.74) is 0. The van der Waals surface area contributed by atoms with Crippen molar-refractivity contribution in [3.8, 4) is 0 Å². The second kappa shape index (κ2) is 6.78. The molecule has 1 amide bonds. The molecular weight excluding hydrogens is 226 g/mol. The molecule has 1 aliphatic carbocycles. The summed E-state index contributed by atoms with van der Waals surface area (Å²) in [6.07, 6.45) is 4.66. The molecule has 1 saturated carbocycles. The van der Waals surface area contributed by atoms with Crippen LogP contribution < -0.4 is 5.32 Å². The molecule has 0 heterocycles. The summed E-state index contributed by atoms with van der Waals surface area (Å²) in [4.78, 5) is 21.8. The van der Waals surface area contributed by atoms with E-state index < -0.39 is 5.97 Å². The number of hydrogen-bond acceptors (Lipinski definition) is 3. The van der Waals surface area contributed by atoms with Crippen LogP contribution in [0.15, 0.2) is 0 Å². The van der Waals surface area contributed by atoms with Gasteiger partial charge in [0.15, 0.2) is 0 Å². The molecule has 16 heavy (non-hydrogen) atoms. The predicted octanol–water partition coefficient (Wildman–Crippen LogP) is 1.50. The maximum Gasteiger partial charge on any atom is 0.313 e. The molecule has 2 atom stereocenters. The van der Waals surface area contributed by atoms with Gasteiger partial charge in [-0.1, -0.05) is 19.8 Å². The Morgan fingerprint density at radius 3 is 2.62 bits per heavy atom. The highest BCUT2D eigenvalue weighted by Gasteiger charge is 2.22. The van der Waals surface area contributed by atoms with E-state index in [1.807, 2.05) is 0 Å².